The largest absolute Gasteiger partial charge is 0.336 e. The van der Waals surface area contributed by atoms with Gasteiger partial charge in [0.15, 0.2) is 0 Å². The maximum absolute atomic E-state index is 12.0. The standard InChI is InChI=1S/C15H20ClN3O2/c1-10(2)17-15(21)18-12-7-14(20)19(9-12)8-11-5-3-4-6-13(11)16/h3-6,10,12H,7-9H2,1-2H3,(H2,17,18,21)/t12-/m0/s1. The number of hydrogen-bond donors (Lipinski definition) is 2. The number of carbonyl (C=O) groups excluding carboxylic acids is 2. The van der Waals surface area contributed by atoms with E-state index in [2.05, 4.69) is 10.6 Å². The molecule has 3 amide bonds. The van der Waals surface area contributed by atoms with Crippen LogP contribution < -0.4 is 10.6 Å². The second-order valence-electron chi connectivity index (χ2n) is 5.54. The third-order valence-electron chi connectivity index (χ3n) is 3.29. The molecule has 6 heteroatoms. The summed E-state index contributed by atoms with van der Waals surface area (Å²) in [6.45, 7) is 4.77. The third-order valence-corrected chi connectivity index (χ3v) is 3.66. The summed E-state index contributed by atoms with van der Waals surface area (Å²) in [6, 6.07) is 7.15. The molecule has 2 N–H and O–H groups in total. The number of nitrogens with zero attached hydrogens (tertiary/aromatic N) is 1. The number of likely N-dealkylation sites (tertiary alicyclic amines) is 1. The van der Waals surface area contributed by atoms with E-state index in [1.54, 1.807) is 4.90 Å². The zero-order chi connectivity index (χ0) is 15.4. The van der Waals surface area contributed by atoms with Crippen molar-refractivity contribution in [3.8, 4) is 0 Å². The minimum Gasteiger partial charge on any atom is -0.336 e. The summed E-state index contributed by atoms with van der Waals surface area (Å²) >= 11 is 6.11. The Kier molecular flexibility index (Phi) is 5.07. The lowest BCUT2D eigenvalue weighted by molar-refractivity contribution is -0.128. The molecule has 1 aliphatic rings. The molecule has 1 aromatic carbocycles. The molecule has 0 saturated carbocycles. The van der Waals surface area contributed by atoms with Crippen LogP contribution in [0.4, 0.5) is 4.79 Å². The number of rotatable bonds is 4. The smallest absolute Gasteiger partial charge is 0.315 e. The molecule has 1 aliphatic heterocycles. The predicted molar refractivity (Wildman–Crippen MR) is 82.1 cm³/mol. The minimum absolute atomic E-state index is 0.0322. The average Bonchev–Trinajstić information content (AvgIpc) is 2.71. The molecule has 0 aliphatic carbocycles. The van der Waals surface area contributed by atoms with Crippen LogP contribution in [0.2, 0.25) is 5.02 Å². The highest BCUT2D eigenvalue weighted by atomic mass is 35.5. The summed E-state index contributed by atoms with van der Waals surface area (Å²) in [5.74, 6) is 0.0322. The highest BCUT2D eigenvalue weighted by Gasteiger charge is 2.30. The van der Waals surface area contributed by atoms with E-state index in [0.717, 1.165) is 5.56 Å². The lowest BCUT2D eigenvalue weighted by Gasteiger charge is -2.18. The topological polar surface area (TPSA) is 61.4 Å². The van der Waals surface area contributed by atoms with Crippen molar-refractivity contribution in [2.45, 2.75) is 38.9 Å². The van der Waals surface area contributed by atoms with Crippen LogP contribution in [0.3, 0.4) is 0 Å². The molecule has 0 spiro atoms. The van der Waals surface area contributed by atoms with Crippen LogP contribution in [0.5, 0.6) is 0 Å². The zero-order valence-corrected chi connectivity index (χ0v) is 13.0. The molecule has 1 fully saturated rings. The van der Waals surface area contributed by atoms with Crippen LogP contribution >= 0.6 is 11.6 Å². The van der Waals surface area contributed by atoms with Crippen LogP contribution in [0.25, 0.3) is 0 Å². The average molecular weight is 310 g/mol. The van der Waals surface area contributed by atoms with E-state index < -0.39 is 0 Å². The van der Waals surface area contributed by atoms with Crippen molar-refractivity contribution >= 4 is 23.5 Å². The molecule has 0 radical (unpaired) electrons. The van der Waals surface area contributed by atoms with Crippen LogP contribution in [0.1, 0.15) is 25.8 Å². The van der Waals surface area contributed by atoms with Crippen LogP contribution in [0, 0.1) is 0 Å². The molecule has 21 heavy (non-hydrogen) atoms. The van der Waals surface area contributed by atoms with Gasteiger partial charge < -0.3 is 15.5 Å². The van der Waals surface area contributed by atoms with Gasteiger partial charge >= 0.3 is 6.03 Å². The van der Waals surface area contributed by atoms with Crippen molar-refractivity contribution in [1.29, 1.82) is 0 Å². The van der Waals surface area contributed by atoms with E-state index in [9.17, 15) is 9.59 Å². The monoisotopic (exact) mass is 309 g/mol. The van der Waals surface area contributed by atoms with E-state index in [1.165, 1.54) is 0 Å². The Morgan fingerprint density at radius 1 is 1.43 bits per heavy atom. The van der Waals surface area contributed by atoms with Gasteiger partial charge in [-0.1, -0.05) is 29.8 Å². The molecular formula is C15H20ClN3O2. The number of amides is 3. The Morgan fingerprint density at radius 3 is 2.81 bits per heavy atom. The molecular weight excluding hydrogens is 290 g/mol. The molecule has 1 saturated heterocycles. The molecule has 0 bridgehead atoms. The highest BCUT2D eigenvalue weighted by molar-refractivity contribution is 6.31. The summed E-state index contributed by atoms with van der Waals surface area (Å²) in [6.07, 6.45) is 0.329. The van der Waals surface area contributed by atoms with E-state index in [0.29, 0.717) is 24.5 Å². The summed E-state index contributed by atoms with van der Waals surface area (Å²) in [7, 11) is 0. The Bertz CT molecular complexity index is 533. The number of halogens is 1. The Labute approximate surface area is 129 Å². The molecule has 1 heterocycles. The first kappa shape index (κ1) is 15.6. The summed E-state index contributed by atoms with van der Waals surface area (Å²) in [5, 5.41) is 6.23. The summed E-state index contributed by atoms with van der Waals surface area (Å²) in [5.41, 5.74) is 0.916. The van der Waals surface area contributed by atoms with Gasteiger partial charge in [0, 0.05) is 30.6 Å². The molecule has 114 valence electrons. The fraction of sp³-hybridized carbons (Fsp3) is 0.467. The Balaban J connectivity index is 1.91. The number of urea groups is 1. The second kappa shape index (κ2) is 6.80. The van der Waals surface area contributed by atoms with Gasteiger partial charge in [0.05, 0.1) is 6.04 Å². The maximum Gasteiger partial charge on any atom is 0.315 e. The third kappa shape index (κ3) is 4.36. The van der Waals surface area contributed by atoms with Crippen LogP contribution in [-0.4, -0.2) is 35.5 Å². The second-order valence-corrected chi connectivity index (χ2v) is 5.95. The SMILES string of the molecule is CC(C)NC(=O)N[C@H]1CC(=O)N(Cc2ccccc2Cl)C1. The number of carbonyl (C=O) groups is 2. The Hall–Kier alpha value is -1.75. The first-order chi connectivity index (χ1) is 9.95. The highest BCUT2D eigenvalue weighted by Crippen LogP contribution is 2.20. The van der Waals surface area contributed by atoms with Crippen molar-refractivity contribution < 1.29 is 9.59 Å². The van der Waals surface area contributed by atoms with Crippen molar-refractivity contribution in [3.63, 3.8) is 0 Å². The van der Waals surface area contributed by atoms with Crippen LogP contribution in [0.15, 0.2) is 24.3 Å². The zero-order valence-electron chi connectivity index (χ0n) is 12.2. The van der Waals surface area contributed by atoms with Gasteiger partial charge in [-0.05, 0) is 25.5 Å². The van der Waals surface area contributed by atoms with Gasteiger partial charge in [0.25, 0.3) is 0 Å². The molecule has 1 atom stereocenters. The number of hydrogen-bond acceptors (Lipinski definition) is 2. The quantitative estimate of drug-likeness (QED) is 0.895. The van der Waals surface area contributed by atoms with Crippen molar-refractivity contribution in [2.24, 2.45) is 0 Å². The maximum atomic E-state index is 12.0. The number of benzene rings is 1. The lowest BCUT2D eigenvalue weighted by Crippen LogP contribution is -2.45. The van der Waals surface area contributed by atoms with Crippen molar-refractivity contribution in [3.05, 3.63) is 34.9 Å². The van der Waals surface area contributed by atoms with Gasteiger partial charge in [-0.25, -0.2) is 4.79 Å². The predicted octanol–water partition coefficient (Wildman–Crippen LogP) is 2.15. The van der Waals surface area contributed by atoms with Crippen molar-refractivity contribution in [1.82, 2.24) is 15.5 Å². The normalized spacial score (nSPS) is 18.2. The fourth-order valence-corrected chi connectivity index (χ4v) is 2.54. The molecule has 0 aromatic heterocycles. The number of nitrogens with one attached hydrogen (secondary N) is 2. The van der Waals surface area contributed by atoms with Gasteiger partial charge in [-0.15, -0.1) is 0 Å². The minimum atomic E-state index is -0.234. The summed E-state index contributed by atoms with van der Waals surface area (Å²) in [4.78, 5) is 25.4. The van der Waals surface area contributed by atoms with E-state index in [4.69, 9.17) is 11.6 Å². The fourth-order valence-electron chi connectivity index (χ4n) is 2.34. The van der Waals surface area contributed by atoms with E-state index in [1.807, 2.05) is 38.1 Å². The lowest BCUT2D eigenvalue weighted by atomic mass is 10.2. The first-order valence-electron chi connectivity index (χ1n) is 7.04. The molecule has 5 nitrogen and oxygen atoms in total. The molecule has 1 aromatic rings. The van der Waals surface area contributed by atoms with E-state index >= 15 is 0 Å². The van der Waals surface area contributed by atoms with Crippen LogP contribution in [-0.2, 0) is 11.3 Å². The molecule has 0 unspecified atom stereocenters. The van der Waals surface area contributed by atoms with E-state index in [-0.39, 0.29) is 24.0 Å². The molecule has 2 rings (SSSR count). The first-order valence-corrected chi connectivity index (χ1v) is 7.41. The van der Waals surface area contributed by atoms with Crippen molar-refractivity contribution in [2.75, 3.05) is 6.54 Å². The van der Waals surface area contributed by atoms with Gasteiger partial charge in [0.1, 0.15) is 0 Å². The van der Waals surface area contributed by atoms with Gasteiger partial charge in [0.2, 0.25) is 5.91 Å². The summed E-state index contributed by atoms with van der Waals surface area (Å²) < 4.78 is 0. The Morgan fingerprint density at radius 2 is 2.14 bits per heavy atom. The van der Waals surface area contributed by atoms with Gasteiger partial charge in [-0.2, -0.15) is 0 Å². The van der Waals surface area contributed by atoms with Gasteiger partial charge in [-0.3, -0.25) is 4.79 Å².